The third-order valence-corrected chi connectivity index (χ3v) is 4.62. The summed E-state index contributed by atoms with van der Waals surface area (Å²) in [5.41, 5.74) is 5.99. The molecule has 1 N–H and O–H groups in total. The lowest BCUT2D eigenvalue weighted by molar-refractivity contribution is 0.526. The van der Waals surface area contributed by atoms with E-state index < -0.39 is 0 Å². The molecule has 0 aliphatic rings. The fraction of sp³-hybridized carbons (Fsp3) is 0.471. The summed E-state index contributed by atoms with van der Waals surface area (Å²) in [6.07, 6.45) is 0.842. The minimum atomic E-state index is 0.252. The van der Waals surface area contributed by atoms with Crippen molar-refractivity contribution >= 4 is 11.6 Å². The van der Waals surface area contributed by atoms with E-state index in [0.29, 0.717) is 0 Å². The molecular weight excluding hydrogens is 282 g/mol. The molecule has 0 aliphatic heterocycles. The first-order valence-electron chi connectivity index (χ1n) is 7.43. The molecule has 1 aromatic carbocycles. The fourth-order valence-corrected chi connectivity index (χ4v) is 3.02. The Morgan fingerprint density at radius 3 is 2.57 bits per heavy atom. The van der Waals surface area contributed by atoms with Crippen LogP contribution < -0.4 is 5.32 Å². The molecule has 3 nitrogen and oxygen atoms in total. The highest BCUT2D eigenvalue weighted by Gasteiger charge is 2.19. The van der Waals surface area contributed by atoms with Crippen LogP contribution in [0.25, 0.3) is 0 Å². The van der Waals surface area contributed by atoms with Crippen LogP contribution in [-0.4, -0.2) is 16.3 Å². The summed E-state index contributed by atoms with van der Waals surface area (Å²) in [6.45, 7) is 9.35. The third kappa shape index (κ3) is 3.30. The fourth-order valence-electron chi connectivity index (χ4n) is 2.78. The van der Waals surface area contributed by atoms with Crippen molar-refractivity contribution in [3.05, 3.63) is 51.3 Å². The van der Waals surface area contributed by atoms with Crippen molar-refractivity contribution in [2.75, 3.05) is 6.54 Å². The highest BCUT2D eigenvalue weighted by Crippen LogP contribution is 2.28. The lowest BCUT2D eigenvalue weighted by atomic mass is 9.94. The minimum Gasteiger partial charge on any atom is -0.310 e. The minimum absolute atomic E-state index is 0.252. The highest BCUT2D eigenvalue weighted by atomic mass is 35.5. The van der Waals surface area contributed by atoms with E-state index in [1.807, 2.05) is 18.7 Å². The van der Waals surface area contributed by atoms with E-state index >= 15 is 0 Å². The molecule has 4 heteroatoms. The summed E-state index contributed by atoms with van der Waals surface area (Å²) in [4.78, 5) is 0. The zero-order chi connectivity index (χ0) is 15.6. The van der Waals surface area contributed by atoms with Gasteiger partial charge in [-0.2, -0.15) is 5.10 Å². The second kappa shape index (κ2) is 6.63. The average molecular weight is 306 g/mol. The molecule has 0 aliphatic carbocycles. The SMILES string of the molecule is CCNC(Cc1c(Cl)c(C)nn1C)c1cccc(C)c1C. The van der Waals surface area contributed by atoms with E-state index in [9.17, 15) is 0 Å². The number of benzene rings is 1. The summed E-state index contributed by atoms with van der Waals surface area (Å²) in [5.74, 6) is 0. The number of halogens is 1. The van der Waals surface area contributed by atoms with E-state index in [2.05, 4.69) is 49.4 Å². The molecule has 21 heavy (non-hydrogen) atoms. The number of nitrogens with zero attached hydrogens (tertiary/aromatic N) is 2. The third-order valence-electron chi connectivity index (χ3n) is 4.13. The maximum atomic E-state index is 6.41. The van der Waals surface area contributed by atoms with Gasteiger partial charge in [-0.1, -0.05) is 36.7 Å². The molecule has 2 aromatic rings. The van der Waals surface area contributed by atoms with E-state index in [1.54, 1.807) is 0 Å². The van der Waals surface area contributed by atoms with E-state index in [-0.39, 0.29) is 6.04 Å². The van der Waals surface area contributed by atoms with Crippen molar-refractivity contribution in [3.8, 4) is 0 Å². The van der Waals surface area contributed by atoms with Gasteiger partial charge in [0, 0.05) is 19.5 Å². The number of nitrogens with one attached hydrogen (secondary N) is 1. The predicted molar refractivity (Wildman–Crippen MR) is 89.0 cm³/mol. The number of rotatable bonds is 5. The summed E-state index contributed by atoms with van der Waals surface area (Å²) in [6, 6.07) is 6.73. The first-order chi connectivity index (χ1) is 9.95. The molecule has 1 unspecified atom stereocenters. The van der Waals surface area contributed by atoms with Crippen LogP contribution in [0.2, 0.25) is 5.02 Å². The Morgan fingerprint density at radius 1 is 1.29 bits per heavy atom. The van der Waals surface area contributed by atoms with Gasteiger partial charge >= 0.3 is 0 Å². The van der Waals surface area contributed by atoms with Gasteiger partial charge in [0.05, 0.1) is 16.4 Å². The van der Waals surface area contributed by atoms with Crippen molar-refractivity contribution in [3.63, 3.8) is 0 Å². The molecule has 114 valence electrons. The lowest BCUT2D eigenvalue weighted by Gasteiger charge is -2.21. The standard InChI is InChI=1S/C17H24ClN3/c1-6-19-15(14-9-7-8-11(2)12(14)3)10-16-17(18)13(4)20-21(16)5/h7-9,15,19H,6,10H2,1-5H3. The summed E-state index contributed by atoms with van der Waals surface area (Å²) >= 11 is 6.41. The molecule has 0 radical (unpaired) electrons. The van der Waals surface area contributed by atoms with Crippen LogP contribution >= 0.6 is 11.6 Å². The normalized spacial score (nSPS) is 12.7. The van der Waals surface area contributed by atoms with Gasteiger partial charge in [-0.25, -0.2) is 0 Å². The van der Waals surface area contributed by atoms with Gasteiger partial charge in [-0.05, 0) is 44.0 Å². The molecule has 2 rings (SSSR count). The molecule has 0 fully saturated rings. The topological polar surface area (TPSA) is 29.9 Å². The van der Waals surface area contributed by atoms with Crippen LogP contribution in [-0.2, 0) is 13.5 Å². The molecule has 0 saturated heterocycles. The van der Waals surface area contributed by atoms with Crippen molar-refractivity contribution in [1.82, 2.24) is 15.1 Å². The molecule has 1 aromatic heterocycles. The Balaban J connectivity index is 2.38. The van der Waals surface area contributed by atoms with Gasteiger partial charge in [0.2, 0.25) is 0 Å². The molecule has 0 amide bonds. The predicted octanol–water partition coefficient (Wildman–Crippen LogP) is 3.89. The van der Waals surface area contributed by atoms with Crippen LogP contribution in [0.4, 0.5) is 0 Å². The quantitative estimate of drug-likeness (QED) is 0.908. The van der Waals surface area contributed by atoms with Gasteiger partial charge in [0.15, 0.2) is 0 Å². The molecule has 0 bridgehead atoms. The number of hydrogen-bond donors (Lipinski definition) is 1. The number of likely N-dealkylation sites (N-methyl/N-ethyl adjacent to an activating group) is 1. The zero-order valence-corrected chi connectivity index (χ0v) is 14.3. The highest BCUT2D eigenvalue weighted by molar-refractivity contribution is 6.31. The monoisotopic (exact) mass is 305 g/mol. The Kier molecular flexibility index (Phi) is 5.07. The van der Waals surface area contributed by atoms with Crippen LogP contribution in [0, 0.1) is 20.8 Å². The maximum absolute atomic E-state index is 6.41. The van der Waals surface area contributed by atoms with Gasteiger partial charge in [-0.3, -0.25) is 4.68 Å². The summed E-state index contributed by atoms with van der Waals surface area (Å²) in [5, 5.41) is 8.78. The summed E-state index contributed by atoms with van der Waals surface area (Å²) < 4.78 is 1.90. The molecule has 1 heterocycles. The lowest BCUT2D eigenvalue weighted by Crippen LogP contribution is -2.25. The van der Waals surface area contributed by atoms with E-state index in [1.165, 1.54) is 16.7 Å². The smallest absolute Gasteiger partial charge is 0.0847 e. The van der Waals surface area contributed by atoms with Gasteiger partial charge in [-0.15, -0.1) is 0 Å². The Morgan fingerprint density at radius 2 is 2.00 bits per heavy atom. The molecule has 0 saturated carbocycles. The summed E-state index contributed by atoms with van der Waals surface area (Å²) in [7, 11) is 1.96. The van der Waals surface area contributed by atoms with Crippen LogP contribution in [0.15, 0.2) is 18.2 Å². The second-order valence-electron chi connectivity index (χ2n) is 5.57. The van der Waals surface area contributed by atoms with Crippen molar-refractivity contribution in [2.45, 2.75) is 40.2 Å². The average Bonchev–Trinajstić information content (AvgIpc) is 2.68. The zero-order valence-electron chi connectivity index (χ0n) is 13.5. The largest absolute Gasteiger partial charge is 0.310 e. The molecule has 1 atom stereocenters. The van der Waals surface area contributed by atoms with Crippen LogP contribution in [0.3, 0.4) is 0 Å². The first-order valence-corrected chi connectivity index (χ1v) is 7.81. The number of aryl methyl sites for hydroxylation is 3. The van der Waals surface area contributed by atoms with Gasteiger partial charge in [0.1, 0.15) is 0 Å². The maximum Gasteiger partial charge on any atom is 0.0847 e. The Bertz CT molecular complexity index is 631. The van der Waals surface area contributed by atoms with Gasteiger partial charge < -0.3 is 5.32 Å². The van der Waals surface area contributed by atoms with Crippen LogP contribution in [0.1, 0.15) is 41.0 Å². The molecular formula is C17H24ClN3. The number of hydrogen-bond acceptors (Lipinski definition) is 2. The van der Waals surface area contributed by atoms with Crippen LogP contribution in [0.5, 0.6) is 0 Å². The first kappa shape index (κ1) is 16.1. The molecule has 0 spiro atoms. The number of aromatic nitrogens is 2. The van der Waals surface area contributed by atoms with Gasteiger partial charge in [0.25, 0.3) is 0 Å². The van der Waals surface area contributed by atoms with Crippen molar-refractivity contribution < 1.29 is 0 Å². The van der Waals surface area contributed by atoms with E-state index in [0.717, 1.165) is 29.4 Å². The Hall–Kier alpha value is -1.32. The van der Waals surface area contributed by atoms with Crippen molar-refractivity contribution in [2.24, 2.45) is 7.05 Å². The van der Waals surface area contributed by atoms with E-state index in [4.69, 9.17) is 11.6 Å². The Labute approximate surface area is 132 Å². The van der Waals surface area contributed by atoms with Crippen molar-refractivity contribution in [1.29, 1.82) is 0 Å². The second-order valence-corrected chi connectivity index (χ2v) is 5.95.